The van der Waals surface area contributed by atoms with Gasteiger partial charge in [0, 0.05) is 6.07 Å². The molecule has 1 amide bonds. The molecular formula is C14H17NO5. The zero-order valence-corrected chi connectivity index (χ0v) is 11.6. The highest BCUT2D eigenvalue weighted by Crippen LogP contribution is 2.41. The van der Waals surface area contributed by atoms with E-state index in [2.05, 4.69) is 0 Å². The average Bonchev–Trinajstić information content (AvgIpc) is 2.35. The third-order valence-corrected chi connectivity index (χ3v) is 3.28. The summed E-state index contributed by atoms with van der Waals surface area (Å²) < 4.78 is 5.60. The first-order valence-corrected chi connectivity index (χ1v) is 6.36. The number of carbonyl (C=O) groups excluding carboxylic acids is 1. The predicted molar refractivity (Wildman–Crippen MR) is 72.0 cm³/mol. The molecule has 0 spiro atoms. The second-order valence-electron chi connectivity index (χ2n) is 5.20. The Hall–Kier alpha value is -2.24. The summed E-state index contributed by atoms with van der Waals surface area (Å²) in [6, 6.07) is 3.31. The van der Waals surface area contributed by atoms with E-state index in [1.54, 1.807) is 20.8 Å². The smallest absolute Gasteiger partial charge is 0.326 e. The molecule has 108 valence electrons. The summed E-state index contributed by atoms with van der Waals surface area (Å²) in [6.07, 6.45) is 0.256. The molecule has 20 heavy (non-hydrogen) atoms. The molecule has 1 aromatic carbocycles. The van der Waals surface area contributed by atoms with Crippen molar-refractivity contribution >= 4 is 17.6 Å². The Bertz CT molecular complexity index is 567. The van der Waals surface area contributed by atoms with E-state index in [0.717, 1.165) is 0 Å². The fourth-order valence-electron chi connectivity index (χ4n) is 2.28. The number of phenols is 1. The summed E-state index contributed by atoms with van der Waals surface area (Å²) >= 11 is 0. The molecular weight excluding hydrogens is 262 g/mol. The highest BCUT2D eigenvalue weighted by Gasteiger charge is 2.45. The lowest BCUT2D eigenvalue weighted by Gasteiger charge is -2.41. The monoisotopic (exact) mass is 279 g/mol. The summed E-state index contributed by atoms with van der Waals surface area (Å²) in [5.41, 5.74) is -0.865. The molecule has 2 rings (SSSR count). The van der Waals surface area contributed by atoms with Gasteiger partial charge in [-0.15, -0.1) is 0 Å². The Morgan fingerprint density at radius 1 is 1.45 bits per heavy atom. The number of carbonyl (C=O) groups is 2. The van der Waals surface area contributed by atoms with Gasteiger partial charge in [-0.1, -0.05) is 6.92 Å². The molecule has 6 heteroatoms. The second-order valence-corrected chi connectivity index (χ2v) is 5.20. The van der Waals surface area contributed by atoms with Gasteiger partial charge in [0.2, 0.25) is 0 Å². The number of aromatic hydroxyl groups is 1. The van der Waals surface area contributed by atoms with Crippen molar-refractivity contribution < 1.29 is 24.5 Å². The van der Waals surface area contributed by atoms with Crippen LogP contribution in [0.25, 0.3) is 0 Å². The van der Waals surface area contributed by atoms with Crippen molar-refractivity contribution in [2.24, 2.45) is 0 Å². The molecule has 0 bridgehead atoms. The first kappa shape index (κ1) is 14.2. The summed E-state index contributed by atoms with van der Waals surface area (Å²) in [4.78, 5) is 25.1. The molecule has 1 aromatic rings. The van der Waals surface area contributed by atoms with E-state index in [0.29, 0.717) is 5.75 Å². The number of benzene rings is 1. The van der Waals surface area contributed by atoms with E-state index in [1.807, 2.05) is 0 Å². The number of rotatable bonds is 3. The van der Waals surface area contributed by atoms with Crippen LogP contribution in [-0.2, 0) is 9.59 Å². The molecule has 0 fully saturated rings. The number of nitrogens with zero attached hydrogens (tertiary/aromatic N) is 1. The van der Waals surface area contributed by atoms with Gasteiger partial charge in [-0.05, 0) is 32.4 Å². The quantitative estimate of drug-likeness (QED) is 0.880. The summed E-state index contributed by atoms with van der Waals surface area (Å²) in [7, 11) is 0. The minimum Gasteiger partial charge on any atom is -0.508 e. The number of hydrogen-bond donors (Lipinski definition) is 2. The first-order chi connectivity index (χ1) is 9.27. The SMILES string of the molecule is CCC(C(=O)O)N1C(=O)C(C)(C)Oc2ccc(O)cc21. The maximum atomic E-state index is 12.5. The third-order valence-electron chi connectivity index (χ3n) is 3.28. The van der Waals surface area contributed by atoms with Crippen molar-refractivity contribution in [1.82, 2.24) is 0 Å². The van der Waals surface area contributed by atoms with E-state index in [-0.39, 0.29) is 17.9 Å². The van der Waals surface area contributed by atoms with Crippen molar-refractivity contribution in [2.75, 3.05) is 4.90 Å². The van der Waals surface area contributed by atoms with Crippen LogP contribution in [0.5, 0.6) is 11.5 Å². The number of carboxylic acid groups (broad SMARTS) is 1. The summed E-state index contributed by atoms with van der Waals surface area (Å²) in [5, 5.41) is 18.9. The van der Waals surface area contributed by atoms with Crippen LogP contribution in [0.3, 0.4) is 0 Å². The summed E-state index contributed by atoms with van der Waals surface area (Å²) in [5.74, 6) is -1.20. The third kappa shape index (κ3) is 2.17. The zero-order valence-electron chi connectivity index (χ0n) is 11.6. The molecule has 6 nitrogen and oxygen atoms in total. The van der Waals surface area contributed by atoms with Gasteiger partial charge in [0.1, 0.15) is 17.5 Å². The van der Waals surface area contributed by atoms with E-state index in [9.17, 15) is 19.8 Å². The molecule has 0 radical (unpaired) electrons. The van der Waals surface area contributed by atoms with Crippen molar-refractivity contribution in [1.29, 1.82) is 0 Å². The molecule has 1 aliphatic rings. The van der Waals surface area contributed by atoms with Crippen LogP contribution < -0.4 is 9.64 Å². The van der Waals surface area contributed by atoms with Crippen LogP contribution in [0.15, 0.2) is 18.2 Å². The van der Waals surface area contributed by atoms with Crippen molar-refractivity contribution in [2.45, 2.75) is 38.8 Å². The molecule has 0 saturated heterocycles. The second kappa shape index (κ2) is 4.70. The first-order valence-electron chi connectivity index (χ1n) is 6.36. The van der Waals surface area contributed by atoms with Crippen LogP contribution in [0.2, 0.25) is 0 Å². The summed E-state index contributed by atoms with van der Waals surface area (Å²) in [6.45, 7) is 4.87. The van der Waals surface area contributed by atoms with Gasteiger partial charge in [-0.2, -0.15) is 0 Å². The van der Waals surface area contributed by atoms with Gasteiger partial charge < -0.3 is 14.9 Å². The minimum atomic E-state index is -1.15. The Morgan fingerprint density at radius 2 is 2.10 bits per heavy atom. The molecule has 1 atom stereocenters. The molecule has 0 aliphatic carbocycles. The Morgan fingerprint density at radius 3 is 2.65 bits per heavy atom. The Balaban J connectivity index is 2.61. The van der Waals surface area contributed by atoms with Crippen LogP contribution >= 0.6 is 0 Å². The highest BCUT2D eigenvalue weighted by atomic mass is 16.5. The number of hydrogen-bond acceptors (Lipinski definition) is 4. The van der Waals surface area contributed by atoms with E-state index >= 15 is 0 Å². The number of aliphatic carboxylic acids is 1. The van der Waals surface area contributed by atoms with Gasteiger partial charge >= 0.3 is 5.97 Å². The van der Waals surface area contributed by atoms with E-state index in [4.69, 9.17) is 4.74 Å². The van der Waals surface area contributed by atoms with Crippen molar-refractivity contribution in [3.63, 3.8) is 0 Å². The maximum Gasteiger partial charge on any atom is 0.326 e. The normalized spacial score (nSPS) is 18.1. The molecule has 1 unspecified atom stereocenters. The standard InChI is InChI=1S/C14H17NO5/c1-4-9(12(17)18)15-10-7-8(16)5-6-11(10)20-14(2,3)13(15)19/h5-7,9,16H,4H2,1-3H3,(H,17,18). The predicted octanol–water partition coefficient (Wildman–Crippen LogP) is 1.76. The van der Waals surface area contributed by atoms with Crippen LogP contribution in [0.4, 0.5) is 5.69 Å². The molecule has 0 aromatic heterocycles. The minimum absolute atomic E-state index is 0.0508. The molecule has 1 heterocycles. The fourth-order valence-corrected chi connectivity index (χ4v) is 2.28. The topological polar surface area (TPSA) is 87.1 Å². The number of phenolic OH excluding ortho intramolecular Hbond substituents is 1. The Labute approximate surface area is 116 Å². The number of carboxylic acids is 1. The van der Waals surface area contributed by atoms with Gasteiger partial charge in [0.05, 0.1) is 5.69 Å². The number of amides is 1. The van der Waals surface area contributed by atoms with Crippen LogP contribution in [-0.4, -0.2) is 33.7 Å². The van der Waals surface area contributed by atoms with E-state index < -0.39 is 23.5 Å². The average molecular weight is 279 g/mol. The van der Waals surface area contributed by atoms with Gasteiger partial charge in [0.25, 0.3) is 5.91 Å². The molecule has 0 saturated carbocycles. The number of ether oxygens (including phenoxy) is 1. The largest absolute Gasteiger partial charge is 0.508 e. The number of anilines is 1. The van der Waals surface area contributed by atoms with Crippen LogP contribution in [0.1, 0.15) is 27.2 Å². The van der Waals surface area contributed by atoms with Crippen LogP contribution in [0, 0.1) is 0 Å². The number of fused-ring (bicyclic) bond motifs is 1. The van der Waals surface area contributed by atoms with E-state index in [1.165, 1.54) is 23.1 Å². The van der Waals surface area contributed by atoms with Gasteiger partial charge in [-0.25, -0.2) is 4.79 Å². The molecule has 1 aliphatic heterocycles. The van der Waals surface area contributed by atoms with Gasteiger partial charge in [-0.3, -0.25) is 9.69 Å². The molecule has 2 N–H and O–H groups in total. The van der Waals surface area contributed by atoms with Crippen molar-refractivity contribution in [3.8, 4) is 11.5 Å². The lowest BCUT2D eigenvalue weighted by Crippen LogP contribution is -2.57. The highest BCUT2D eigenvalue weighted by molar-refractivity contribution is 6.06. The lowest BCUT2D eigenvalue weighted by molar-refractivity contribution is -0.143. The van der Waals surface area contributed by atoms with Gasteiger partial charge in [0.15, 0.2) is 5.60 Å². The van der Waals surface area contributed by atoms with Crippen molar-refractivity contribution in [3.05, 3.63) is 18.2 Å². The zero-order chi connectivity index (χ0) is 15.1. The maximum absolute atomic E-state index is 12.5. The fraction of sp³-hybridized carbons (Fsp3) is 0.429. The Kier molecular flexibility index (Phi) is 3.33. The lowest BCUT2D eigenvalue weighted by atomic mass is 10.0.